The number of aromatic nitrogens is 2. The van der Waals surface area contributed by atoms with Gasteiger partial charge in [0.25, 0.3) is 5.91 Å². The molecule has 1 amide bonds. The molecular formula is C18H26N4O. The molecule has 0 aliphatic heterocycles. The van der Waals surface area contributed by atoms with Gasteiger partial charge in [-0.2, -0.15) is 5.10 Å². The second-order valence-electron chi connectivity index (χ2n) is 6.52. The van der Waals surface area contributed by atoms with Crippen molar-refractivity contribution >= 4 is 5.91 Å². The van der Waals surface area contributed by atoms with Crippen LogP contribution in [0.3, 0.4) is 0 Å². The van der Waals surface area contributed by atoms with Gasteiger partial charge in [0.2, 0.25) is 0 Å². The summed E-state index contributed by atoms with van der Waals surface area (Å²) in [6.07, 6.45) is 1.63. The number of nitrogens with two attached hydrogens (primary N) is 1. The van der Waals surface area contributed by atoms with Crippen molar-refractivity contribution in [1.82, 2.24) is 15.1 Å². The van der Waals surface area contributed by atoms with Crippen LogP contribution in [0.5, 0.6) is 0 Å². The topological polar surface area (TPSA) is 72.9 Å². The summed E-state index contributed by atoms with van der Waals surface area (Å²) < 4.78 is 1.85. The Bertz CT molecular complexity index is 663. The van der Waals surface area contributed by atoms with Gasteiger partial charge >= 0.3 is 0 Å². The van der Waals surface area contributed by atoms with E-state index in [2.05, 4.69) is 24.3 Å². The normalized spacial score (nSPS) is 13.8. The highest BCUT2D eigenvalue weighted by atomic mass is 16.1. The molecule has 5 nitrogen and oxygen atoms in total. The molecule has 1 heterocycles. The van der Waals surface area contributed by atoms with Crippen molar-refractivity contribution in [1.29, 1.82) is 0 Å². The van der Waals surface area contributed by atoms with Gasteiger partial charge in [-0.1, -0.05) is 44.2 Å². The lowest BCUT2D eigenvalue weighted by atomic mass is 9.88. The van der Waals surface area contributed by atoms with Crippen LogP contribution in [0.4, 0.5) is 0 Å². The average Bonchev–Trinajstić information content (AvgIpc) is 2.89. The molecule has 5 heteroatoms. The zero-order chi connectivity index (χ0) is 17.0. The van der Waals surface area contributed by atoms with Crippen molar-refractivity contribution in [3.05, 3.63) is 53.3 Å². The van der Waals surface area contributed by atoms with E-state index in [1.54, 1.807) is 6.20 Å². The highest BCUT2D eigenvalue weighted by Crippen LogP contribution is 2.17. The zero-order valence-corrected chi connectivity index (χ0v) is 14.3. The van der Waals surface area contributed by atoms with E-state index >= 15 is 0 Å². The molecule has 2 rings (SSSR count). The monoisotopic (exact) mass is 314 g/mol. The molecule has 0 radical (unpaired) electrons. The maximum atomic E-state index is 12.6. The number of nitrogens with zero attached hydrogens (tertiary/aromatic N) is 2. The molecular weight excluding hydrogens is 288 g/mol. The highest BCUT2D eigenvalue weighted by Gasteiger charge is 2.30. The van der Waals surface area contributed by atoms with Crippen molar-refractivity contribution in [2.75, 3.05) is 6.54 Å². The molecule has 0 aliphatic carbocycles. The summed E-state index contributed by atoms with van der Waals surface area (Å²) in [7, 11) is 0. The first-order valence-corrected chi connectivity index (χ1v) is 7.96. The third-order valence-corrected chi connectivity index (χ3v) is 4.62. The Kier molecular flexibility index (Phi) is 5.21. The quantitative estimate of drug-likeness (QED) is 0.859. The molecule has 0 saturated heterocycles. The van der Waals surface area contributed by atoms with Gasteiger partial charge in [-0.05, 0) is 25.3 Å². The maximum absolute atomic E-state index is 12.6. The predicted molar refractivity (Wildman–Crippen MR) is 92.3 cm³/mol. The van der Waals surface area contributed by atoms with Crippen molar-refractivity contribution in [3.8, 4) is 0 Å². The SMILES string of the molecule is Cc1c(C(=O)NC(C)(CN)C(C)C)cnn1Cc1ccccc1. The Hall–Kier alpha value is -2.14. The lowest BCUT2D eigenvalue weighted by Gasteiger charge is -2.33. The van der Waals surface area contributed by atoms with E-state index in [9.17, 15) is 4.79 Å². The number of amides is 1. The Morgan fingerprint density at radius 3 is 2.57 bits per heavy atom. The molecule has 1 aromatic carbocycles. The van der Waals surface area contributed by atoms with Crippen molar-refractivity contribution < 1.29 is 4.79 Å². The zero-order valence-electron chi connectivity index (χ0n) is 14.3. The minimum Gasteiger partial charge on any atom is -0.345 e. The number of hydrogen-bond acceptors (Lipinski definition) is 3. The number of carbonyl (C=O) groups is 1. The first-order valence-electron chi connectivity index (χ1n) is 7.96. The smallest absolute Gasteiger partial charge is 0.255 e. The maximum Gasteiger partial charge on any atom is 0.255 e. The first kappa shape index (κ1) is 17.2. The Labute approximate surface area is 137 Å². The Balaban J connectivity index is 2.17. The number of carbonyl (C=O) groups excluding carboxylic acids is 1. The van der Waals surface area contributed by atoms with Gasteiger partial charge < -0.3 is 11.1 Å². The van der Waals surface area contributed by atoms with Crippen LogP contribution in [-0.4, -0.2) is 27.8 Å². The standard InChI is InChI=1S/C18H26N4O/c1-13(2)18(4,12-19)21-17(23)16-10-20-22(14(16)3)11-15-8-6-5-7-9-15/h5-10,13H,11-12,19H2,1-4H3,(H,21,23). The largest absolute Gasteiger partial charge is 0.345 e. The molecule has 0 spiro atoms. The summed E-state index contributed by atoms with van der Waals surface area (Å²) in [5, 5.41) is 7.42. The number of nitrogens with one attached hydrogen (secondary N) is 1. The molecule has 3 N–H and O–H groups in total. The van der Waals surface area contributed by atoms with E-state index in [-0.39, 0.29) is 11.8 Å². The summed E-state index contributed by atoms with van der Waals surface area (Å²) in [6, 6.07) is 10.1. The van der Waals surface area contributed by atoms with Gasteiger partial charge in [-0.25, -0.2) is 0 Å². The molecule has 0 bridgehead atoms. The van der Waals surface area contributed by atoms with Crippen LogP contribution in [0, 0.1) is 12.8 Å². The van der Waals surface area contributed by atoms with Crippen LogP contribution < -0.4 is 11.1 Å². The Morgan fingerprint density at radius 2 is 2.00 bits per heavy atom. The number of benzene rings is 1. The van der Waals surface area contributed by atoms with Gasteiger partial charge in [-0.3, -0.25) is 9.48 Å². The third-order valence-electron chi connectivity index (χ3n) is 4.62. The molecule has 0 aliphatic rings. The van der Waals surface area contributed by atoms with Crippen LogP contribution in [0.1, 0.15) is 42.4 Å². The minimum atomic E-state index is -0.426. The van der Waals surface area contributed by atoms with E-state index < -0.39 is 5.54 Å². The molecule has 1 unspecified atom stereocenters. The summed E-state index contributed by atoms with van der Waals surface area (Å²) >= 11 is 0. The molecule has 0 fully saturated rings. The van der Waals surface area contributed by atoms with Crippen LogP contribution >= 0.6 is 0 Å². The van der Waals surface area contributed by atoms with E-state index in [4.69, 9.17) is 5.73 Å². The lowest BCUT2D eigenvalue weighted by Crippen LogP contribution is -2.55. The number of rotatable bonds is 6. The number of hydrogen-bond donors (Lipinski definition) is 2. The third kappa shape index (κ3) is 3.79. The molecule has 0 saturated carbocycles. The second-order valence-corrected chi connectivity index (χ2v) is 6.52. The second kappa shape index (κ2) is 6.96. The van der Waals surface area contributed by atoms with E-state index in [1.165, 1.54) is 0 Å². The van der Waals surface area contributed by atoms with Crippen molar-refractivity contribution in [3.63, 3.8) is 0 Å². The highest BCUT2D eigenvalue weighted by molar-refractivity contribution is 5.95. The van der Waals surface area contributed by atoms with Crippen LogP contribution in [-0.2, 0) is 6.54 Å². The fourth-order valence-electron chi connectivity index (χ4n) is 2.34. The molecule has 1 atom stereocenters. The van der Waals surface area contributed by atoms with Crippen molar-refractivity contribution in [2.24, 2.45) is 11.7 Å². The molecule has 1 aromatic heterocycles. The Morgan fingerprint density at radius 1 is 1.35 bits per heavy atom. The fraction of sp³-hybridized carbons (Fsp3) is 0.444. The minimum absolute atomic E-state index is 0.122. The summed E-state index contributed by atoms with van der Waals surface area (Å²) in [4.78, 5) is 12.6. The summed E-state index contributed by atoms with van der Waals surface area (Å²) in [6.45, 7) is 9.04. The van der Waals surface area contributed by atoms with E-state index in [0.717, 1.165) is 11.3 Å². The van der Waals surface area contributed by atoms with Gasteiger partial charge in [0.05, 0.1) is 23.8 Å². The van der Waals surface area contributed by atoms with Crippen LogP contribution in [0.15, 0.2) is 36.5 Å². The average molecular weight is 314 g/mol. The molecule has 23 heavy (non-hydrogen) atoms. The van der Waals surface area contributed by atoms with Crippen molar-refractivity contribution in [2.45, 2.75) is 39.8 Å². The predicted octanol–water partition coefficient (Wildman–Crippen LogP) is 2.34. The van der Waals surface area contributed by atoms with E-state index in [0.29, 0.717) is 18.7 Å². The lowest BCUT2D eigenvalue weighted by molar-refractivity contribution is 0.0882. The van der Waals surface area contributed by atoms with E-state index in [1.807, 2.05) is 48.9 Å². The van der Waals surface area contributed by atoms with Crippen LogP contribution in [0.2, 0.25) is 0 Å². The van der Waals surface area contributed by atoms with Crippen LogP contribution in [0.25, 0.3) is 0 Å². The van der Waals surface area contributed by atoms with Gasteiger partial charge in [-0.15, -0.1) is 0 Å². The van der Waals surface area contributed by atoms with Gasteiger partial charge in [0.1, 0.15) is 0 Å². The summed E-state index contributed by atoms with van der Waals surface area (Å²) in [5.41, 5.74) is 8.03. The molecule has 2 aromatic rings. The van der Waals surface area contributed by atoms with Gasteiger partial charge in [0.15, 0.2) is 0 Å². The molecule has 124 valence electrons. The summed E-state index contributed by atoms with van der Waals surface area (Å²) in [5.74, 6) is 0.125. The first-order chi connectivity index (χ1) is 10.9. The van der Waals surface area contributed by atoms with Gasteiger partial charge in [0, 0.05) is 12.2 Å². The fourth-order valence-corrected chi connectivity index (χ4v) is 2.34.